The quantitative estimate of drug-likeness (QED) is 0.940. The van der Waals surface area contributed by atoms with Gasteiger partial charge in [-0.15, -0.1) is 0 Å². The van der Waals surface area contributed by atoms with Crippen molar-refractivity contribution in [2.45, 2.75) is 25.3 Å². The fourth-order valence-electron chi connectivity index (χ4n) is 3.15. The minimum Gasteiger partial charge on any atom is -0.397 e. The molecular formula is C17H21N3O. The molecule has 3 rings (SSSR count). The highest BCUT2D eigenvalue weighted by atomic mass is 16.2. The van der Waals surface area contributed by atoms with E-state index in [9.17, 15) is 4.79 Å². The highest BCUT2D eigenvalue weighted by molar-refractivity contribution is 5.94. The lowest BCUT2D eigenvalue weighted by atomic mass is 10.0. The molecule has 1 aromatic carbocycles. The fraction of sp³-hybridized carbons (Fsp3) is 0.353. The molecule has 2 N–H and O–H groups in total. The van der Waals surface area contributed by atoms with Crippen LogP contribution in [0.5, 0.6) is 0 Å². The van der Waals surface area contributed by atoms with Crippen LogP contribution >= 0.6 is 0 Å². The van der Waals surface area contributed by atoms with Crippen LogP contribution < -0.4 is 5.73 Å². The van der Waals surface area contributed by atoms with Crippen molar-refractivity contribution in [3.8, 4) is 0 Å². The van der Waals surface area contributed by atoms with Gasteiger partial charge >= 0.3 is 0 Å². The number of nitrogens with zero attached hydrogens (tertiary/aromatic N) is 2. The number of hydrogen-bond donors (Lipinski definition) is 1. The summed E-state index contributed by atoms with van der Waals surface area (Å²) in [6.07, 6.45) is 4.85. The van der Waals surface area contributed by atoms with Crippen LogP contribution in [-0.2, 0) is 13.5 Å². The van der Waals surface area contributed by atoms with Crippen LogP contribution in [-0.4, -0.2) is 28.0 Å². The van der Waals surface area contributed by atoms with Crippen LogP contribution in [0.4, 0.5) is 5.69 Å². The molecule has 0 spiro atoms. The first-order valence-corrected chi connectivity index (χ1v) is 7.42. The molecule has 2 aromatic rings. The lowest BCUT2D eigenvalue weighted by molar-refractivity contribution is 0.0727. The van der Waals surface area contributed by atoms with E-state index in [-0.39, 0.29) is 11.9 Å². The smallest absolute Gasteiger partial charge is 0.270 e. The Morgan fingerprint density at radius 3 is 2.76 bits per heavy atom. The second-order valence-corrected chi connectivity index (χ2v) is 5.75. The number of aromatic nitrogens is 1. The standard InChI is InChI=1S/C17H21N3O/c1-19-12-14(18)11-16(19)17(21)20-9-5-8-15(20)10-13-6-3-2-4-7-13/h2-4,6-7,11-12,15H,5,8-10,18H2,1H3. The maximum Gasteiger partial charge on any atom is 0.270 e. The predicted octanol–water partition coefficient (Wildman–Crippen LogP) is 2.45. The van der Waals surface area contributed by atoms with Crippen molar-refractivity contribution in [3.63, 3.8) is 0 Å². The monoisotopic (exact) mass is 283 g/mol. The van der Waals surface area contributed by atoms with E-state index in [0.29, 0.717) is 11.4 Å². The predicted molar refractivity (Wildman–Crippen MR) is 84.0 cm³/mol. The molecule has 1 saturated heterocycles. The van der Waals surface area contributed by atoms with Gasteiger partial charge in [-0.3, -0.25) is 4.79 Å². The van der Waals surface area contributed by atoms with Crippen molar-refractivity contribution in [3.05, 3.63) is 53.9 Å². The van der Waals surface area contributed by atoms with Crippen LogP contribution in [0.3, 0.4) is 0 Å². The Kier molecular flexibility index (Phi) is 3.69. The summed E-state index contributed by atoms with van der Waals surface area (Å²) in [6, 6.07) is 12.4. The number of aryl methyl sites for hydroxylation is 1. The molecule has 0 bridgehead atoms. The molecular weight excluding hydrogens is 262 g/mol. The van der Waals surface area contributed by atoms with E-state index in [1.54, 1.807) is 12.3 Å². The summed E-state index contributed by atoms with van der Waals surface area (Å²) >= 11 is 0. The molecule has 1 fully saturated rings. The van der Waals surface area contributed by atoms with Gasteiger partial charge in [0.1, 0.15) is 5.69 Å². The molecule has 21 heavy (non-hydrogen) atoms. The number of nitrogen functional groups attached to an aromatic ring is 1. The first kappa shape index (κ1) is 13.7. The molecule has 0 radical (unpaired) electrons. The molecule has 1 aromatic heterocycles. The van der Waals surface area contributed by atoms with E-state index >= 15 is 0 Å². The molecule has 1 unspecified atom stereocenters. The number of benzene rings is 1. The van der Waals surface area contributed by atoms with Gasteiger partial charge < -0.3 is 15.2 Å². The second-order valence-electron chi connectivity index (χ2n) is 5.75. The zero-order valence-electron chi connectivity index (χ0n) is 12.3. The Balaban J connectivity index is 1.77. The lowest BCUT2D eigenvalue weighted by Crippen LogP contribution is -2.37. The third-order valence-corrected chi connectivity index (χ3v) is 4.20. The van der Waals surface area contributed by atoms with Crippen LogP contribution in [0.25, 0.3) is 0 Å². The van der Waals surface area contributed by atoms with E-state index in [4.69, 9.17) is 5.73 Å². The molecule has 1 aliphatic heterocycles. The summed E-state index contributed by atoms with van der Waals surface area (Å²) in [5, 5.41) is 0. The molecule has 1 amide bonds. The highest BCUT2D eigenvalue weighted by Gasteiger charge is 2.30. The zero-order valence-corrected chi connectivity index (χ0v) is 12.3. The number of anilines is 1. The Labute approximate surface area is 125 Å². The highest BCUT2D eigenvalue weighted by Crippen LogP contribution is 2.24. The molecule has 0 saturated carbocycles. The summed E-state index contributed by atoms with van der Waals surface area (Å²) < 4.78 is 1.82. The third-order valence-electron chi connectivity index (χ3n) is 4.20. The van der Waals surface area contributed by atoms with Crippen molar-refractivity contribution in [1.82, 2.24) is 9.47 Å². The van der Waals surface area contributed by atoms with Crippen LogP contribution in [0.15, 0.2) is 42.6 Å². The van der Waals surface area contributed by atoms with Gasteiger partial charge in [0.2, 0.25) is 0 Å². The molecule has 2 heterocycles. The largest absolute Gasteiger partial charge is 0.397 e. The zero-order chi connectivity index (χ0) is 14.8. The Bertz CT molecular complexity index is 633. The minimum atomic E-state index is 0.0904. The van der Waals surface area contributed by atoms with Gasteiger partial charge in [0.05, 0.1) is 5.69 Å². The molecule has 4 nitrogen and oxygen atoms in total. The van der Waals surface area contributed by atoms with Gasteiger partial charge in [-0.1, -0.05) is 30.3 Å². The fourth-order valence-corrected chi connectivity index (χ4v) is 3.15. The first-order valence-electron chi connectivity index (χ1n) is 7.42. The number of amides is 1. The summed E-state index contributed by atoms with van der Waals surface area (Å²) in [6.45, 7) is 0.835. The molecule has 4 heteroatoms. The minimum absolute atomic E-state index is 0.0904. The number of rotatable bonds is 3. The SMILES string of the molecule is Cn1cc(N)cc1C(=O)N1CCCC1Cc1ccccc1. The molecule has 0 aliphatic carbocycles. The first-order chi connectivity index (χ1) is 10.1. The number of carbonyl (C=O) groups is 1. The third kappa shape index (κ3) is 2.79. The number of likely N-dealkylation sites (tertiary alicyclic amines) is 1. The topological polar surface area (TPSA) is 51.3 Å². The van der Waals surface area contributed by atoms with Crippen molar-refractivity contribution in [2.75, 3.05) is 12.3 Å². The van der Waals surface area contributed by atoms with Gasteiger partial charge in [0.15, 0.2) is 0 Å². The van der Waals surface area contributed by atoms with Gasteiger partial charge in [-0.05, 0) is 30.9 Å². The summed E-state index contributed by atoms with van der Waals surface area (Å²) in [5.41, 5.74) is 8.38. The number of carbonyl (C=O) groups excluding carboxylic acids is 1. The van der Waals surface area contributed by atoms with E-state index < -0.39 is 0 Å². The van der Waals surface area contributed by atoms with Crippen molar-refractivity contribution < 1.29 is 4.79 Å². The van der Waals surface area contributed by atoms with Crippen molar-refractivity contribution in [2.24, 2.45) is 7.05 Å². The molecule has 110 valence electrons. The van der Waals surface area contributed by atoms with Gasteiger partial charge in [-0.25, -0.2) is 0 Å². The van der Waals surface area contributed by atoms with E-state index in [1.165, 1.54) is 5.56 Å². The van der Waals surface area contributed by atoms with Crippen LogP contribution in [0.2, 0.25) is 0 Å². The van der Waals surface area contributed by atoms with E-state index in [0.717, 1.165) is 25.8 Å². The molecule has 1 aliphatic rings. The molecule has 1 atom stereocenters. The second kappa shape index (κ2) is 5.64. The van der Waals surface area contributed by atoms with Gasteiger partial charge in [0, 0.05) is 25.8 Å². The average molecular weight is 283 g/mol. The van der Waals surface area contributed by atoms with E-state index in [1.807, 2.05) is 34.7 Å². The summed E-state index contributed by atoms with van der Waals surface area (Å²) in [7, 11) is 1.87. The van der Waals surface area contributed by atoms with E-state index in [2.05, 4.69) is 12.1 Å². The average Bonchev–Trinajstić information content (AvgIpc) is 3.06. The maximum atomic E-state index is 12.7. The maximum absolute atomic E-state index is 12.7. The number of hydrogen-bond acceptors (Lipinski definition) is 2. The summed E-state index contributed by atoms with van der Waals surface area (Å²) in [5.74, 6) is 0.0904. The summed E-state index contributed by atoms with van der Waals surface area (Å²) in [4.78, 5) is 14.7. The van der Waals surface area contributed by atoms with Crippen molar-refractivity contribution >= 4 is 11.6 Å². The normalized spacial score (nSPS) is 18.1. The van der Waals surface area contributed by atoms with Gasteiger partial charge in [0.25, 0.3) is 5.91 Å². The van der Waals surface area contributed by atoms with Crippen LogP contribution in [0.1, 0.15) is 28.9 Å². The van der Waals surface area contributed by atoms with Gasteiger partial charge in [-0.2, -0.15) is 0 Å². The number of nitrogens with two attached hydrogens (primary N) is 1. The Morgan fingerprint density at radius 1 is 1.33 bits per heavy atom. The Hall–Kier alpha value is -2.23. The lowest BCUT2D eigenvalue weighted by Gasteiger charge is -2.25. The van der Waals surface area contributed by atoms with Crippen LogP contribution in [0, 0.1) is 0 Å². The Morgan fingerprint density at radius 2 is 2.10 bits per heavy atom. The van der Waals surface area contributed by atoms with Crippen molar-refractivity contribution in [1.29, 1.82) is 0 Å².